The number of thiazole rings is 1. The zero-order chi connectivity index (χ0) is 21.6. The van der Waals surface area contributed by atoms with Gasteiger partial charge in [0, 0.05) is 41.1 Å². The first-order valence-corrected chi connectivity index (χ1v) is 12.9. The summed E-state index contributed by atoms with van der Waals surface area (Å²) in [5, 5.41) is 0.732. The minimum absolute atomic E-state index is 0.0310. The molecule has 3 aliphatic rings. The van der Waals surface area contributed by atoms with Crippen LogP contribution >= 0.6 is 38.9 Å². The number of anilines is 1. The van der Waals surface area contributed by atoms with E-state index in [4.69, 9.17) is 11.6 Å². The molecule has 1 atom stereocenters. The second-order valence-corrected chi connectivity index (χ2v) is 11.7. The maximum absolute atomic E-state index is 13.2. The number of likely N-dealkylation sites (tertiary alicyclic amines) is 1. The fourth-order valence-corrected chi connectivity index (χ4v) is 6.78. The van der Waals surface area contributed by atoms with Gasteiger partial charge in [-0.2, -0.15) is 0 Å². The first-order valence-electron chi connectivity index (χ1n) is 10.9. The molecule has 0 radical (unpaired) electrons. The topological polar surface area (TPSA) is 53.5 Å². The predicted molar refractivity (Wildman–Crippen MR) is 127 cm³/mol. The van der Waals surface area contributed by atoms with E-state index in [1.165, 1.54) is 23.3 Å². The number of rotatable bonds is 3. The van der Waals surface area contributed by atoms with Crippen LogP contribution in [-0.2, 0) is 21.4 Å². The Kier molecular flexibility index (Phi) is 5.86. The molecule has 3 heterocycles. The van der Waals surface area contributed by atoms with Crippen LogP contribution in [0.25, 0.3) is 0 Å². The summed E-state index contributed by atoms with van der Waals surface area (Å²) >= 11 is 11.0. The highest BCUT2D eigenvalue weighted by atomic mass is 79.9. The van der Waals surface area contributed by atoms with Gasteiger partial charge in [0.25, 0.3) is 0 Å². The molecule has 1 unspecified atom stereocenters. The fourth-order valence-electron chi connectivity index (χ4n) is 5.48. The molecule has 2 aliphatic heterocycles. The standard InChI is InChI=1S/C23H25BrClN3O2S/c24-16-6-7-18-17(10-16)23(14-28(18)21(29)11-20-26-12-19(25)31-20)8-9-27(13-23)22(30)15-4-2-1-3-5-15/h6-7,10,12,15H,1-5,8-9,11,13-14H2. The van der Waals surface area contributed by atoms with Crippen LogP contribution in [0.5, 0.6) is 0 Å². The van der Waals surface area contributed by atoms with Crippen molar-refractivity contribution in [3.63, 3.8) is 0 Å². The normalized spacial score (nSPS) is 23.5. The van der Waals surface area contributed by atoms with Crippen LogP contribution < -0.4 is 4.90 Å². The van der Waals surface area contributed by atoms with E-state index < -0.39 is 0 Å². The number of hydrogen-bond acceptors (Lipinski definition) is 4. The summed E-state index contributed by atoms with van der Waals surface area (Å²) in [4.78, 5) is 34.6. The Morgan fingerprint density at radius 2 is 2.03 bits per heavy atom. The van der Waals surface area contributed by atoms with Crippen LogP contribution in [0.3, 0.4) is 0 Å². The van der Waals surface area contributed by atoms with Gasteiger partial charge >= 0.3 is 0 Å². The van der Waals surface area contributed by atoms with E-state index >= 15 is 0 Å². The average molecular weight is 523 g/mol. The van der Waals surface area contributed by atoms with Crippen molar-refractivity contribution >= 4 is 56.4 Å². The molecule has 1 aromatic heterocycles. The van der Waals surface area contributed by atoms with E-state index in [1.54, 1.807) is 6.20 Å². The molecule has 5 nitrogen and oxygen atoms in total. The minimum Gasteiger partial charge on any atom is -0.341 e. The van der Waals surface area contributed by atoms with Gasteiger partial charge in [-0.15, -0.1) is 11.3 Å². The van der Waals surface area contributed by atoms with E-state index in [9.17, 15) is 9.59 Å². The lowest BCUT2D eigenvalue weighted by atomic mass is 9.81. The number of aromatic nitrogens is 1. The molecule has 1 saturated heterocycles. The van der Waals surface area contributed by atoms with E-state index in [0.717, 1.165) is 53.8 Å². The Hall–Kier alpha value is -1.44. The molecule has 1 aromatic carbocycles. The van der Waals surface area contributed by atoms with E-state index in [1.807, 2.05) is 17.0 Å². The quantitative estimate of drug-likeness (QED) is 0.557. The third kappa shape index (κ3) is 4.05. The molecule has 2 amide bonds. The highest BCUT2D eigenvalue weighted by molar-refractivity contribution is 9.10. The maximum atomic E-state index is 13.2. The van der Waals surface area contributed by atoms with Crippen LogP contribution in [0.1, 0.15) is 49.1 Å². The summed E-state index contributed by atoms with van der Waals surface area (Å²) in [6.07, 6.45) is 8.34. The lowest BCUT2D eigenvalue weighted by Gasteiger charge is -2.29. The first-order chi connectivity index (χ1) is 14.9. The molecule has 5 rings (SSSR count). The van der Waals surface area contributed by atoms with Gasteiger partial charge in [0.1, 0.15) is 9.34 Å². The SMILES string of the molecule is O=C(C1CCCCC1)N1CCC2(C1)CN(C(=O)Cc1ncc(Cl)s1)c1ccc(Br)cc12. The molecular formula is C23H25BrClN3O2S. The Morgan fingerprint density at radius 1 is 1.23 bits per heavy atom. The third-order valence-electron chi connectivity index (χ3n) is 7.03. The number of benzene rings is 1. The van der Waals surface area contributed by atoms with Crippen molar-refractivity contribution in [3.8, 4) is 0 Å². The van der Waals surface area contributed by atoms with Crippen molar-refractivity contribution in [3.05, 3.63) is 43.8 Å². The summed E-state index contributed by atoms with van der Waals surface area (Å²) in [5.74, 6) is 0.526. The molecule has 0 N–H and O–H groups in total. The number of nitrogens with zero attached hydrogens (tertiary/aromatic N) is 3. The second kappa shape index (κ2) is 8.49. The summed E-state index contributed by atoms with van der Waals surface area (Å²) in [5.41, 5.74) is 1.94. The summed E-state index contributed by atoms with van der Waals surface area (Å²) in [6, 6.07) is 6.14. The Balaban J connectivity index is 1.39. The molecule has 1 spiro atoms. The summed E-state index contributed by atoms with van der Waals surface area (Å²) in [6.45, 7) is 2.08. The zero-order valence-electron chi connectivity index (χ0n) is 17.3. The number of hydrogen-bond donors (Lipinski definition) is 0. The lowest BCUT2D eigenvalue weighted by Crippen LogP contribution is -2.42. The summed E-state index contributed by atoms with van der Waals surface area (Å²) in [7, 11) is 0. The Bertz CT molecular complexity index is 1020. The zero-order valence-corrected chi connectivity index (χ0v) is 20.4. The maximum Gasteiger partial charge on any atom is 0.233 e. The van der Waals surface area contributed by atoms with E-state index in [2.05, 4.69) is 31.9 Å². The van der Waals surface area contributed by atoms with E-state index in [0.29, 0.717) is 23.3 Å². The van der Waals surface area contributed by atoms with Gasteiger partial charge < -0.3 is 9.80 Å². The van der Waals surface area contributed by atoms with Crippen molar-refractivity contribution in [1.82, 2.24) is 9.88 Å². The molecule has 1 saturated carbocycles. The van der Waals surface area contributed by atoms with Crippen LogP contribution in [0.2, 0.25) is 4.34 Å². The molecule has 164 valence electrons. The first kappa shape index (κ1) is 21.4. The average Bonchev–Trinajstić information content (AvgIpc) is 3.47. The third-order valence-corrected chi connectivity index (χ3v) is 8.64. The van der Waals surface area contributed by atoms with Gasteiger partial charge in [-0.3, -0.25) is 9.59 Å². The van der Waals surface area contributed by atoms with Crippen molar-refractivity contribution in [2.75, 3.05) is 24.5 Å². The van der Waals surface area contributed by atoms with Crippen molar-refractivity contribution < 1.29 is 9.59 Å². The monoisotopic (exact) mass is 521 g/mol. The van der Waals surface area contributed by atoms with Crippen molar-refractivity contribution in [1.29, 1.82) is 0 Å². The largest absolute Gasteiger partial charge is 0.341 e. The Labute approximate surface area is 199 Å². The van der Waals surface area contributed by atoms with Crippen LogP contribution in [-0.4, -0.2) is 41.3 Å². The lowest BCUT2D eigenvalue weighted by molar-refractivity contribution is -0.135. The number of halogens is 2. The van der Waals surface area contributed by atoms with Gasteiger partial charge in [0.15, 0.2) is 0 Å². The number of fused-ring (bicyclic) bond motifs is 2. The number of carbonyl (C=O) groups excluding carboxylic acids is 2. The van der Waals surface area contributed by atoms with E-state index in [-0.39, 0.29) is 23.7 Å². The predicted octanol–water partition coefficient (Wildman–Crippen LogP) is 5.20. The molecule has 0 bridgehead atoms. The number of amides is 2. The Morgan fingerprint density at radius 3 is 2.77 bits per heavy atom. The van der Waals surface area contributed by atoms with Crippen LogP contribution in [0.4, 0.5) is 5.69 Å². The molecular weight excluding hydrogens is 498 g/mol. The molecule has 2 fully saturated rings. The highest BCUT2D eigenvalue weighted by Crippen LogP contribution is 2.48. The molecule has 8 heteroatoms. The molecule has 1 aliphatic carbocycles. The number of carbonyl (C=O) groups is 2. The smallest absolute Gasteiger partial charge is 0.233 e. The van der Waals surface area contributed by atoms with Crippen molar-refractivity contribution in [2.45, 2.75) is 50.4 Å². The summed E-state index contributed by atoms with van der Waals surface area (Å²) < 4.78 is 1.60. The molecule has 31 heavy (non-hydrogen) atoms. The van der Waals surface area contributed by atoms with Gasteiger partial charge in [0.2, 0.25) is 11.8 Å². The molecule has 2 aromatic rings. The van der Waals surface area contributed by atoms with Crippen molar-refractivity contribution in [2.24, 2.45) is 5.92 Å². The van der Waals surface area contributed by atoms with Crippen LogP contribution in [0, 0.1) is 5.92 Å². The van der Waals surface area contributed by atoms with Gasteiger partial charge in [0.05, 0.1) is 12.6 Å². The van der Waals surface area contributed by atoms with Crippen LogP contribution in [0.15, 0.2) is 28.9 Å². The van der Waals surface area contributed by atoms with Gasteiger partial charge in [-0.25, -0.2) is 4.98 Å². The van der Waals surface area contributed by atoms with Gasteiger partial charge in [-0.05, 0) is 43.0 Å². The highest BCUT2D eigenvalue weighted by Gasteiger charge is 2.50. The minimum atomic E-state index is -0.195. The fraction of sp³-hybridized carbons (Fsp3) is 0.522. The second-order valence-electron chi connectivity index (χ2n) is 9.00. The van der Waals surface area contributed by atoms with Gasteiger partial charge in [-0.1, -0.05) is 46.8 Å².